The molecular weight excluding hydrogens is 378 g/mol. The van der Waals surface area contributed by atoms with Crippen molar-refractivity contribution in [2.45, 2.75) is 52.5 Å². The summed E-state index contributed by atoms with van der Waals surface area (Å²) in [5, 5.41) is -0.713. The second-order valence-corrected chi connectivity index (χ2v) is 9.48. The quantitative estimate of drug-likeness (QED) is 0.591. The number of likely N-dealkylation sites (tertiary alicyclic amines) is 1. The smallest absolute Gasteiger partial charge is 0.212 e. The Labute approximate surface area is 170 Å². The summed E-state index contributed by atoms with van der Waals surface area (Å²) in [6.45, 7) is 11.7. The Bertz CT molecular complexity index is 771. The van der Waals surface area contributed by atoms with Crippen molar-refractivity contribution in [3.8, 4) is 0 Å². The van der Waals surface area contributed by atoms with Crippen molar-refractivity contribution in [2.24, 2.45) is 5.41 Å². The summed E-state index contributed by atoms with van der Waals surface area (Å²) >= 11 is 0.920. The zero-order valence-electron chi connectivity index (χ0n) is 17.2. The fourth-order valence-corrected chi connectivity index (χ4v) is 4.79. The lowest BCUT2D eigenvalue weighted by Gasteiger charge is -2.38. The third-order valence-electron chi connectivity index (χ3n) is 6.06. The lowest BCUT2D eigenvalue weighted by molar-refractivity contribution is 0.0386. The van der Waals surface area contributed by atoms with Gasteiger partial charge in [0.15, 0.2) is 5.82 Å². The van der Waals surface area contributed by atoms with Crippen LogP contribution in [0.3, 0.4) is 0 Å². The van der Waals surface area contributed by atoms with Gasteiger partial charge in [-0.1, -0.05) is 6.07 Å². The first-order valence-electron chi connectivity index (χ1n) is 9.95. The normalized spacial score (nSPS) is 20.8. The molecule has 1 fully saturated rings. The van der Waals surface area contributed by atoms with Gasteiger partial charge in [-0.2, -0.15) is 4.39 Å². The van der Waals surface area contributed by atoms with Gasteiger partial charge in [-0.3, -0.25) is 9.88 Å². The van der Waals surface area contributed by atoms with E-state index in [2.05, 4.69) is 35.9 Å². The van der Waals surface area contributed by atoms with Gasteiger partial charge in [-0.05, 0) is 71.2 Å². The van der Waals surface area contributed by atoms with E-state index in [4.69, 9.17) is 4.74 Å². The summed E-state index contributed by atoms with van der Waals surface area (Å²) < 4.78 is 32.6. The summed E-state index contributed by atoms with van der Waals surface area (Å²) in [5.74, 6) is -0.736. The second-order valence-electron chi connectivity index (χ2n) is 8.39. The largest absolute Gasteiger partial charge is 0.381 e. The maximum Gasteiger partial charge on any atom is 0.212 e. The topological polar surface area (TPSA) is 25.4 Å². The molecule has 0 radical (unpaired) electrons. The molecule has 0 aromatic carbocycles. The summed E-state index contributed by atoms with van der Waals surface area (Å²) in [5.41, 5.74) is 2.09. The van der Waals surface area contributed by atoms with Crippen LogP contribution in [0.15, 0.2) is 24.4 Å². The number of rotatable bonds is 8. The van der Waals surface area contributed by atoms with Crippen LogP contribution in [-0.4, -0.2) is 36.2 Å². The molecule has 0 spiro atoms. The first-order valence-corrected chi connectivity index (χ1v) is 10.8. The zero-order chi connectivity index (χ0) is 20.4. The zero-order valence-corrected chi connectivity index (χ0v) is 18.0. The monoisotopic (exact) mass is 408 g/mol. The van der Waals surface area contributed by atoms with Crippen LogP contribution in [0.2, 0.25) is 0 Å². The average Bonchev–Trinajstić information content (AvgIpc) is 3.23. The van der Waals surface area contributed by atoms with Gasteiger partial charge in [0.2, 0.25) is 5.13 Å². The highest BCUT2D eigenvalue weighted by Gasteiger charge is 2.43. The van der Waals surface area contributed by atoms with E-state index >= 15 is 0 Å². The maximum atomic E-state index is 13.4. The molecule has 0 saturated carbocycles. The molecular formula is C22H30F2N2OS. The first-order chi connectivity index (χ1) is 13.3. The molecule has 3 rings (SSSR count). The molecule has 0 bridgehead atoms. The van der Waals surface area contributed by atoms with Gasteiger partial charge >= 0.3 is 0 Å². The molecule has 1 aliphatic heterocycles. The molecule has 3 heterocycles. The van der Waals surface area contributed by atoms with E-state index in [9.17, 15) is 8.78 Å². The number of hydrogen-bond acceptors (Lipinski definition) is 4. The second kappa shape index (κ2) is 8.56. The van der Waals surface area contributed by atoms with Crippen molar-refractivity contribution in [3.05, 3.63) is 51.5 Å². The molecule has 1 atom stereocenters. The molecule has 0 N–H and O–H groups in total. The Morgan fingerprint density at radius 3 is 2.71 bits per heavy atom. The Morgan fingerprint density at radius 2 is 2.11 bits per heavy atom. The summed E-state index contributed by atoms with van der Waals surface area (Å²) in [6.07, 6.45) is 4.53. The molecule has 1 unspecified atom stereocenters. The van der Waals surface area contributed by atoms with Crippen LogP contribution in [0, 0.1) is 23.3 Å². The van der Waals surface area contributed by atoms with Crippen molar-refractivity contribution < 1.29 is 13.5 Å². The van der Waals surface area contributed by atoms with Gasteiger partial charge in [0.25, 0.3) is 0 Å². The van der Waals surface area contributed by atoms with Crippen LogP contribution in [-0.2, 0) is 16.7 Å². The fraction of sp³-hybridized carbons (Fsp3) is 0.591. The molecule has 154 valence electrons. The minimum Gasteiger partial charge on any atom is -0.381 e. The van der Waals surface area contributed by atoms with Crippen LogP contribution in [0.1, 0.15) is 49.7 Å². The van der Waals surface area contributed by atoms with Gasteiger partial charge in [0.05, 0.1) is 6.61 Å². The number of aryl methyl sites for hydroxylation is 2. The van der Waals surface area contributed by atoms with Crippen LogP contribution in [0.5, 0.6) is 0 Å². The molecule has 6 heteroatoms. The van der Waals surface area contributed by atoms with Crippen molar-refractivity contribution in [2.75, 3.05) is 26.3 Å². The van der Waals surface area contributed by atoms with Crippen LogP contribution in [0.25, 0.3) is 0 Å². The molecule has 2 aromatic rings. The predicted molar refractivity (Wildman–Crippen MR) is 110 cm³/mol. The molecule has 0 amide bonds. The minimum absolute atomic E-state index is 0.00233. The van der Waals surface area contributed by atoms with Crippen LogP contribution in [0.4, 0.5) is 8.78 Å². The molecule has 2 aromatic heterocycles. The van der Waals surface area contributed by atoms with Gasteiger partial charge in [-0.15, -0.1) is 11.3 Å². The van der Waals surface area contributed by atoms with Gasteiger partial charge < -0.3 is 4.74 Å². The lowest BCUT2D eigenvalue weighted by Crippen LogP contribution is -2.42. The third kappa shape index (κ3) is 4.61. The van der Waals surface area contributed by atoms with E-state index in [-0.39, 0.29) is 11.0 Å². The number of thiophene rings is 1. The fourth-order valence-electron chi connectivity index (χ4n) is 4.04. The highest BCUT2D eigenvalue weighted by atomic mass is 32.1. The number of aromatic nitrogens is 1. The number of nitrogens with zero attached hydrogens (tertiary/aromatic N) is 2. The first kappa shape index (κ1) is 21.3. The van der Waals surface area contributed by atoms with Crippen LogP contribution >= 0.6 is 11.3 Å². The van der Waals surface area contributed by atoms with Crippen molar-refractivity contribution in [1.29, 1.82) is 0 Å². The van der Waals surface area contributed by atoms with E-state index < -0.39 is 10.9 Å². The van der Waals surface area contributed by atoms with Gasteiger partial charge in [-0.25, -0.2) is 4.39 Å². The number of ether oxygens (including phenoxy) is 1. The Hall–Kier alpha value is -1.37. The average molecular weight is 409 g/mol. The molecule has 28 heavy (non-hydrogen) atoms. The minimum atomic E-state index is -0.736. The SMILES string of the molecule is CCOCC1(CCc2cc(F)c(F)s2)CCN(C(C)(C)c2ccc(C)nc2)C1. The van der Waals surface area contributed by atoms with E-state index in [1.165, 1.54) is 11.6 Å². The Balaban J connectivity index is 1.74. The standard InChI is InChI=1S/C22H30F2N2OS/c1-5-27-15-22(9-8-18-12-19(23)20(24)28-18)10-11-26(14-22)21(3,4)17-7-6-16(2)25-13-17/h6-7,12-13H,5,8-11,14-15H2,1-4H3. The highest BCUT2D eigenvalue weighted by Crippen LogP contribution is 2.42. The highest BCUT2D eigenvalue weighted by molar-refractivity contribution is 7.10. The summed E-state index contributed by atoms with van der Waals surface area (Å²) in [4.78, 5) is 7.73. The van der Waals surface area contributed by atoms with Crippen molar-refractivity contribution >= 4 is 11.3 Å². The van der Waals surface area contributed by atoms with E-state index in [0.717, 1.165) is 47.8 Å². The third-order valence-corrected chi connectivity index (χ3v) is 7.02. The molecule has 0 aliphatic carbocycles. The molecule has 1 aliphatic rings. The summed E-state index contributed by atoms with van der Waals surface area (Å²) in [7, 11) is 0. The Kier molecular flexibility index (Phi) is 6.52. The predicted octanol–water partition coefficient (Wildman–Crippen LogP) is 5.33. The van der Waals surface area contributed by atoms with Crippen LogP contribution < -0.4 is 0 Å². The number of hydrogen-bond donors (Lipinski definition) is 0. The van der Waals surface area contributed by atoms with E-state index in [1.54, 1.807) is 0 Å². The molecule has 1 saturated heterocycles. The number of pyridine rings is 1. The van der Waals surface area contributed by atoms with E-state index in [0.29, 0.717) is 19.6 Å². The van der Waals surface area contributed by atoms with E-state index in [1.807, 2.05) is 20.0 Å². The van der Waals surface area contributed by atoms with Gasteiger partial charge in [0, 0.05) is 40.9 Å². The number of halogens is 2. The lowest BCUT2D eigenvalue weighted by atomic mass is 9.82. The summed E-state index contributed by atoms with van der Waals surface area (Å²) in [6, 6.07) is 5.55. The van der Waals surface area contributed by atoms with Gasteiger partial charge in [0.1, 0.15) is 0 Å². The van der Waals surface area contributed by atoms with Crippen molar-refractivity contribution in [3.63, 3.8) is 0 Å². The van der Waals surface area contributed by atoms with Crippen molar-refractivity contribution in [1.82, 2.24) is 9.88 Å². The molecule has 3 nitrogen and oxygen atoms in total. The Morgan fingerprint density at radius 1 is 1.32 bits per heavy atom. The maximum absolute atomic E-state index is 13.4.